The van der Waals surface area contributed by atoms with Gasteiger partial charge in [0.1, 0.15) is 24.4 Å². The summed E-state index contributed by atoms with van der Waals surface area (Å²) in [6, 6.07) is 0. The van der Waals surface area contributed by atoms with E-state index < -0.39 is 30.7 Å². The Morgan fingerprint density at radius 3 is 2.27 bits per heavy atom. The van der Waals surface area contributed by atoms with Crippen molar-refractivity contribution in [1.29, 1.82) is 0 Å². The lowest BCUT2D eigenvalue weighted by Gasteiger charge is -2.38. The van der Waals surface area contributed by atoms with Gasteiger partial charge >= 0.3 is 0 Å². The molecule has 3 unspecified atom stereocenters. The molecule has 7 heteroatoms. The zero-order valence-electron chi connectivity index (χ0n) is 8.06. The topological polar surface area (TPSA) is 120 Å². The van der Waals surface area contributed by atoms with Gasteiger partial charge in [0.05, 0.1) is 19.8 Å². The van der Waals surface area contributed by atoms with Crippen LogP contribution < -0.4 is 0 Å². The number of aliphatic hydroxyl groups is 5. The highest BCUT2D eigenvalue weighted by Crippen LogP contribution is 2.19. The van der Waals surface area contributed by atoms with E-state index in [1.807, 2.05) is 0 Å². The number of hydrogen-bond donors (Lipinski definition) is 5. The summed E-state index contributed by atoms with van der Waals surface area (Å²) in [5.41, 5.74) is 0. The molecule has 5 N–H and O–H groups in total. The van der Waals surface area contributed by atoms with Crippen molar-refractivity contribution in [3.05, 3.63) is 0 Å². The molecule has 0 amide bonds. The molecular weight excluding hydrogens is 208 g/mol. The molecule has 0 spiro atoms. The Kier molecular flexibility index (Phi) is 4.87. The molecule has 1 aliphatic heterocycles. The van der Waals surface area contributed by atoms with E-state index in [9.17, 15) is 10.2 Å². The van der Waals surface area contributed by atoms with Gasteiger partial charge in [0.25, 0.3) is 0 Å². The predicted octanol–water partition coefficient (Wildman–Crippen LogP) is -3.20. The molecule has 5 atom stereocenters. The van der Waals surface area contributed by atoms with Crippen LogP contribution in [-0.2, 0) is 9.47 Å². The van der Waals surface area contributed by atoms with Crippen LogP contribution in [0.5, 0.6) is 0 Å². The van der Waals surface area contributed by atoms with Gasteiger partial charge in [-0.25, -0.2) is 0 Å². The van der Waals surface area contributed by atoms with Crippen molar-refractivity contribution < 1.29 is 35.0 Å². The fourth-order valence-electron chi connectivity index (χ4n) is 1.33. The first-order valence-corrected chi connectivity index (χ1v) is 4.64. The lowest BCUT2D eigenvalue weighted by molar-refractivity contribution is -0.288. The Balaban J connectivity index is 2.43. The van der Waals surface area contributed by atoms with Crippen molar-refractivity contribution in [2.24, 2.45) is 0 Å². The van der Waals surface area contributed by atoms with E-state index in [0.717, 1.165) is 0 Å². The minimum absolute atomic E-state index is 0.0708. The van der Waals surface area contributed by atoms with Gasteiger partial charge < -0.3 is 35.0 Å². The van der Waals surface area contributed by atoms with Crippen molar-refractivity contribution in [2.45, 2.75) is 30.7 Å². The molecule has 1 fully saturated rings. The van der Waals surface area contributed by atoms with Gasteiger partial charge in [-0.2, -0.15) is 0 Å². The summed E-state index contributed by atoms with van der Waals surface area (Å²) in [4.78, 5) is 0. The zero-order chi connectivity index (χ0) is 11.4. The van der Waals surface area contributed by atoms with Gasteiger partial charge in [-0.1, -0.05) is 0 Å². The van der Waals surface area contributed by atoms with Crippen LogP contribution in [0.15, 0.2) is 0 Å². The highest BCUT2D eigenvalue weighted by molar-refractivity contribution is 4.88. The third-order valence-electron chi connectivity index (χ3n) is 2.20. The molecule has 0 aromatic carbocycles. The van der Waals surface area contributed by atoms with Crippen molar-refractivity contribution in [2.75, 3.05) is 19.8 Å². The third kappa shape index (κ3) is 3.08. The molecule has 0 aromatic heterocycles. The quantitative estimate of drug-likeness (QED) is 0.319. The zero-order valence-corrected chi connectivity index (χ0v) is 8.06. The van der Waals surface area contributed by atoms with Gasteiger partial charge in [-0.15, -0.1) is 0 Å². The molecule has 1 rings (SSSR count). The minimum Gasteiger partial charge on any atom is -0.394 e. The van der Waals surface area contributed by atoms with E-state index in [0.29, 0.717) is 0 Å². The molecule has 0 radical (unpaired) electrons. The Labute approximate surface area is 86.5 Å². The van der Waals surface area contributed by atoms with Crippen molar-refractivity contribution in [1.82, 2.24) is 0 Å². The van der Waals surface area contributed by atoms with Gasteiger partial charge in [-0.3, -0.25) is 0 Å². The number of hydrogen-bond acceptors (Lipinski definition) is 7. The molecule has 7 nitrogen and oxygen atoms in total. The molecule has 1 aliphatic rings. The average Bonchev–Trinajstić information content (AvgIpc) is 2.23. The van der Waals surface area contributed by atoms with Crippen molar-refractivity contribution >= 4 is 0 Å². The fourth-order valence-corrected chi connectivity index (χ4v) is 1.33. The molecule has 15 heavy (non-hydrogen) atoms. The minimum atomic E-state index is -1.55. The summed E-state index contributed by atoms with van der Waals surface area (Å²) < 4.78 is 9.70. The lowest BCUT2D eigenvalue weighted by Crippen LogP contribution is -2.58. The summed E-state index contributed by atoms with van der Waals surface area (Å²) in [7, 11) is 0. The fraction of sp³-hybridized carbons (Fsp3) is 1.00. The predicted molar refractivity (Wildman–Crippen MR) is 46.8 cm³/mol. The summed E-state index contributed by atoms with van der Waals surface area (Å²) >= 11 is 0. The van der Waals surface area contributed by atoms with Crippen molar-refractivity contribution in [3.8, 4) is 0 Å². The first-order valence-electron chi connectivity index (χ1n) is 4.64. The molecular formula is C8H16O7. The Bertz CT molecular complexity index is 188. The van der Waals surface area contributed by atoms with E-state index in [1.54, 1.807) is 0 Å². The molecule has 0 bridgehead atoms. The van der Waals surface area contributed by atoms with Gasteiger partial charge in [0.15, 0.2) is 6.29 Å². The van der Waals surface area contributed by atoms with Crippen LogP contribution in [0.4, 0.5) is 0 Å². The maximum atomic E-state index is 9.44. The van der Waals surface area contributed by atoms with Crippen molar-refractivity contribution in [3.63, 3.8) is 0 Å². The van der Waals surface area contributed by atoms with Crippen LogP contribution >= 0.6 is 0 Å². The number of ether oxygens (including phenoxy) is 2. The molecule has 0 saturated carbocycles. The van der Waals surface area contributed by atoms with E-state index in [1.165, 1.54) is 0 Å². The number of rotatable bonds is 4. The van der Waals surface area contributed by atoms with E-state index >= 15 is 0 Å². The second-order valence-corrected chi connectivity index (χ2v) is 3.34. The standard InChI is InChI=1S/C8H16O7/c9-1-2-14-3-4-5(10)6(11)7(12)8(13)15-4/h4-13H,1-3H2/t4?,5-,6-,7?,8?/m1/s1. The van der Waals surface area contributed by atoms with Crippen LogP contribution in [0.2, 0.25) is 0 Å². The van der Waals surface area contributed by atoms with Crippen LogP contribution in [0, 0.1) is 0 Å². The second-order valence-electron chi connectivity index (χ2n) is 3.34. The van der Waals surface area contributed by atoms with E-state index in [-0.39, 0.29) is 19.8 Å². The summed E-state index contributed by atoms with van der Waals surface area (Å²) in [5, 5.41) is 45.5. The molecule has 90 valence electrons. The first-order chi connectivity index (χ1) is 7.07. The average molecular weight is 224 g/mol. The smallest absolute Gasteiger partial charge is 0.184 e. The van der Waals surface area contributed by atoms with E-state index in [2.05, 4.69) is 0 Å². The Morgan fingerprint density at radius 1 is 1.00 bits per heavy atom. The van der Waals surface area contributed by atoms with Gasteiger partial charge in [0, 0.05) is 0 Å². The SMILES string of the molecule is OCCOCC1OC(O)C(O)[C@H](O)[C@@H]1O. The van der Waals surface area contributed by atoms with Crippen LogP contribution in [0.3, 0.4) is 0 Å². The highest BCUT2D eigenvalue weighted by Gasteiger charge is 2.42. The maximum absolute atomic E-state index is 9.44. The summed E-state index contributed by atoms with van der Waals surface area (Å²) in [5.74, 6) is 0. The molecule has 1 saturated heterocycles. The third-order valence-corrected chi connectivity index (χ3v) is 2.20. The first kappa shape index (κ1) is 12.8. The normalized spacial score (nSPS) is 41.8. The molecule has 1 heterocycles. The van der Waals surface area contributed by atoms with E-state index in [4.69, 9.17) is 24.8 Å². The van der Waals surface area contributed by atoms with Gasteiger partial charge in [0.2, 0.25) is 0 Å². The molecule has 0 aliphatic carbocycles. The summed E-state index contributed by atoms with van der Waals surface area (Å²) in [6.45, 7) is -0.180. The Hall–Kier alpha value is -0.280. The molecule has 0 aromatic rings. The number of aliphatic hydroxyl groups excluding tert-OH is 5. The second kappa shape index (κ2) is 5.71. The maximum Gasteiger partial charge on any atom is 0.184 e. The van der Waals surface area contributed by atoms with Crippen LogP contribution in [0.25, 0.3) is 0 Å². The van der Waals surface area contributed by atoms with Crippen LogP contribution in [-0.4, -0.2) is 76.1 Å². The monoisotopic (exact) mass is 224 g/mol. The Morgan fingerprint density at radius 2 is 1.67 bits per heavy atom. The van der Waals surface area contributed by atoms with Crippen LogP contribution in [0.1, 0.15) is 0 Å². The summed E-state index contributed by atoms with van der Waals surface area (Å²) in [6.07, 6.45) is -6.82. The largest absolute Gasteiger partial charge is 0.394 e. The van der Waals surface area contributed by atoms with Gasteiger partial charge in [-0.05, 0) is 0 Å². The lowest BCUT2D eigenvalue weighted by atomic mass is 9.99. The highest BCUT2D eigenvalue weighted by atomic mass is 16.6.